The Morgan fingerprint density at radius 1 is 1.48 bits per heavy atom. The van der Waals surface area contributed by atoms with E-state index < -0.39 is 0 Å². The summed E-state index contributed by atoms with van der Waals surface area (Å²) in [5.74, 6) is 0.229. The lowest BCUT2D eigenvalue weighted by Gasteiger charge is -2.11. The van der Waals surface area contributed by atoms with Crippen LogP contribution in [-0.4, -0.2) is 33.9 Å². The van der Waals surface area contributed by atoms with Crippen LogP contribution in [0.5, 0.6) is 0 Å². The number of thiazole rings is 1. The first kappa shape index (κ1) is 15.5. The predicted octanol–water partition coefficient (Wildman–Crippen LogP) is 1.83. The molecule has 0 bridgehead atoms. The van der Waals surface area contributed by atoms with Crippen LogP contribution < -0.4 is 10.6 Å². The molecule has 7 heteroatoms. The van der Waals surface area contributed by atoms with Gasteiger partial charge in [0.25, 0.3) is 0 Å². The summed E-state index contributed by atoms with van der Waals surface area (Å²) >= 11 is 1.63. The molecule has 2 amide bonds. The zero-order valence-electron chi connectivity index (χ0n) is 12.6. The van der Waals surface area contributed by atoms with Gasteiger partial charge in [-0.15, -0.1) is 11.3 Å². The van der Waals surface area contributed by atoms with Crippen molar-refractivity contribution in [1.82, 2.24) is 25.4 Å². The normalized spacial score (nSPS) is 12.1. The molecule has 2 rings (SSSR count). The molecule has 2 aromatic heterocycles. The van der Waals surface area contributed by atoms with E-state index in [1.807, 2.05) is 31.7 Å². The van der Waals surface area contributed by atoms with Crippen LogP contribution in [0.2, 0.25) is 0 Å². The maximum absolute atomic E-state index is 11.7. The van der Waals surface area contributed by atoms with E-state index in [1.165, 1.54) is 0 Å². The van der Waals surface area contributed by atoms with E-state index in [9.17, 15) is 4.79 Å². The highest BCUT2D eigenvalue weighted by Gasteiger charge is 2.10. The van der Waals surface area contributed by atoms with Crippen molar-refractivity contribution >= 4 is 17.4 Å². The topological polar surface area (TPSA) is 71.8 Å². The smallest absolute Gasteiger partial charge is 0.314 e. The highest BCUT2D eigenvalue weighted by molar-refractivity contribution is 7.09. The monoisotopic (exact) mass is 307 g/mol. The minimum atomic E-state index is -0.140. The van der Waals surface area contributed by atoms with E-state index in [1.54, 1.807) is 16.0 Å². The largest absolute Gasteiger partial charge is 0.338 e. The fourth-order valence-electron chi connectivity index (χ4n) is 1.92. The number of hydrogen-bond donors (Lipinski definition) is 2. The summed E-state index contributed by atoms with van der Waals surface area (Å²) in [6, 6.07) is -0.140. The fraction of sp³-hybridized carbons (Fsp3) is 0.500. The molecular formula is C14H21N5OS. The first-order valence-corrected chi connectivity index (χ1v) is 7.84. The van der Waals surface area contributed by atoms with Crippen molar-refractivity contribution < 1.29 is 4.79 Å². The number of aryl methyl sites for hydroxylation is 2. The highest BCUT2D eigenvalue weighted by Crippen LogP contribution is 2.18. The summed E-state index contributed by atoms with van der Waals surface area (Å²) < 4.78 is 1.76. The summed E-state index contributed by atoms with van der Waals surface area (Å²) in [7, 11) is 1.88. The van der Waals surface area contributed by atoms with E-state index in [4.69, 9.17) is 0 Å². The van der Waals surface area contributed by atoms with Gasteiger partial charge in [0.2, 0.25) is 0 Å². The number of carbonyl (C=O) groups excluding carboxylic acids is 1. The molecular weight excluding hydrogens is 286 g/mol. The molecule has 1 atom stereocenters. The van der Waals surface area contributed by atoms with Crippen molar-refractivity contribution in [3.63, 3.8) is 0 Å². The van der Waals surface area contributed by atoms with Gasteiger partial charge in [-0.1, -0.05) is 6.92 Å². The van der Waals surface area contributed by atoms with E-state index in [0.29, 0.717) is 13.1 Å². The van der Waals surface area contributed by atoms with Gasteiger partial charge in [-0.25, -0.2) is 9.78 Å². The number of amides is 2. The van der Waals surface area contributed by atoms with E-state index in [2.05, 4.69) is 27.6 Å². The van der Waals surface area contributed by atoms with E-state index in [0.717, 1.165) is 22.7 Å². The van der Waals surface area contributed by atoms with E-state index >= 15 is 0 Å². The van der Waals surface area contributed by atoms with Crippen molar-refractivity contribution in [2.24, 2.45) is 7.05 Å². The number of rotatable bonds is 6. The summed E-state index contributed by atoms with van der Waals surface area (Å²) in [5.41, 5.74) is 2.15. The van der Waals surface area contributed by atoms with Crippen molar-refractivity contribution in [3.8, 4) is 0 Å². The minimum absolute atomic E-state index is 0.140. The zero-order chi connectivity index (χ0) is 15.2. The Labute approximate surface area is 128 Å². The molecule has 0 spiro atoms. The fourth-order valence-corrected chi connectivity index (χ4v) is 2.77. The van der Waals surface area contributed by atoms with Crippen LogP contribution in [-0.2, 0) is 13.5 Å². The average Bonchev–Trinajstić information content (AvgIpc) is 3.05. The van der Waals surface area contributed by atoms with Gasteiger partial charge in [0.1, 0.15) is 0 Å². The summed E-state index contributed by atoms with van der Waals surface area (Å²) in [4.78, 5) is 16.1. The molecule has 0 aliphatic rings. The number of carbonyl (C=O) groups is 1. The second-order valence-electron chi connectivity index (χ2n) is 5.14. The quantitative estimate of drug-likeness (QED) is 0.855. The third-order valence-electron chi connectivity index (χ3n) is 3.08. The molecule has 21 heavy (non-hydrogen) atoms. The Balaban J connectivity index is 1.65. The molecule has 0 saturated carbocycles. The highest BCUT2D eigenvalue weighted by atomic mass is 32.1. The van der Waals surface area contributed by atoms with E-state index in [-0.39, 0.29) is 11.9 Å². The maximum atomic E-state index is 11.7. The maximum Gasteiger partial charge on any atom is 0.314 e. The molecule has 0 unspecified atom stereocenters. The molecule has 0 radical (unpaired) electrons. The average molecular weight is 307 g/mol. The van der Waals surface area contributed by atoms with Crippen LogP contribution in [0.1, 0.15) is 29.1 Å². The van der Waals surface area contributed by atoms with Gasteiger partial charge < -0.3 is 10.6 Å². The summed E-state index contributed by atoms with van der Waals surface area (Å²) in [5, 5.41) is 12.9. The summed E-state index contributed by atoms with van der Waals surface area (Å²) in [6.45, 7) is 5.23. The molecule has 0 aliphatic heterocycles. The number of nitrogens with one attached hydrogen (secondary N) is 2. The lowest BCUT2D eigenvalue weighted by Crippen LogP contribution is -2.38. The minimum Gasteiger partial charge on any atom is -0.338 e. The number of urea groups is 1. The van der Waals surface area contributed by atoms with Gasteiger partial charge >= 0.3 is 6.03 Å². The second kappa shape index (κ2) is 7.21. The lowest BCUT2D eigenvalue weighted by molar-refractivity contribution is 0.240. The van der Waals surface area contributed by atoms with Gasteiger partial charge in [0.15, 0.2) is 0 Å². The molecule has 2 N–H and O–H groups in total. The molecule has 2 aromatic rings. The van der Waals surface area contributed by atoms with Crippen molar-refractivity contribution in [2.45, 2.75) is 26.2 Å². The third-order valence-corrected chi connectivity index (χ3v) is 4.28. The van der Waals surface area contributed by atoms with Crippen molar-refractivity contribution in [3.05, 3.63) is 34.0 Å². The predicted molar refractivity (Wildman–Crippen MR) is 83.6 cm³/mol. The second-order valence-corrected chi connectivity index (χ2v) is 6.03. The molecule has 0 saturated heterocycles. The molecule has 0 aliphatic carbocycles. The van der Waals surface area contributed by atoms with Crippen molar-refractivity contribution in [2.75, 3.05) is 13.1 Å². The zero-order valence-corrected chi connectivity index (χ0v) is 13.4. The Morgan fingerprint density at radius 2 is 2.29 bits per heavy atom. The standard InChI is InChI=1S/C14H21N5OS/c1-10(13-18-11(2)9-21-13)6-16-14(20)15-5-4-12-7-17-19(3)8-12/h7-10H,4-6H2,1-3H3,(H2,15,16,20)/t10-/m0/s1. The van der Waals surface area contributed by atoms with Gasteiger partial charge in [0, 0.05) is 43.3 Å². The Bertz CT molecular complexity index is 592. The van der Waals surface area contributed by atoms with Crippen LogP contribution >= 0.6 is 11.3 Å². The van der Waals surface area contributed by atoms with Crippen LogP contribution in [0, 0.1) is 6.92 Å². The first-order valence-electron chi connectivity index (χ1n) is 6.96. The number of nitrogens with zero attached hydrogens (tertiary/aromatic N) is 3. The van der Waals surface area contributed by atoms with Crippen LogP contribution in [0.25, 0.3) is 0 Å². The van der Waals surface area contributed by atoms with Crippen LogP contribution in [0.4, 0.5) is 4.79 Å². The molecule has 6 nitrogen and oxygen atoms in total. The Morgan fingerprint density at radius 3 is 2.90 bits per heavy atom. The third kappa shape index (κ3) is 4.86. The van der Waals surface area contributed by atoms with Gasteiger partial charge in [-0.2, -0.15) is 5.10 Å². The Hall–Kier alpha value is -1.89. The van der Waals surface area contributed by atoms with Crippen LogP contribution in [0.3, 0.4) is 0 Å². The molecule has 0 aromatic carbocycles. The molecule has 114 valence electrons. The SMILES string of the molecule is Cc1csc([C@@H](C)CNC(=O)NCCc2cnn(C)c2)n1. The first-order chi connectivity index (χ1) is 10.0. The number of hydrogen-bond acceptors (Lipinski definition) is 4. The van der Waals surface area contributed by atoms with Crippen LogP contribution in [0.15, 0.2) is 17.8 Å². The molecule has 0 fully saturated rings. The summed E-state index contributed by atoms with van der Waals surface area (Å²) in [6.07, 6.45) is 4.54. The lowest BCUT2D eigenvalue weighted by atomic mass is 10.2. The van der Waals surface area contributed by atoms with Gasteiger partial charge in [0.05, 0.1) is 11.2 Å². The van der Waals surface area contributed by atoms with Gasteiger partial charge in [-0.05, 0) is 18.9 Å². The Kier molecular flexibility index (Phi) is 5.32. The van der Waals surface area contributed by atoms with Crippen molar-refractivity contribution in [1.29, 1.82) is 0 Å². The van der Waals surface area contributed by atoms with Gasteiger partial charge in [-0.3, -0.25) is 4.68 Å². The number of aromatic nitrogens is 3. The molecule has 2 heterocycles.